The monoisotopic (exact) mass is 295 g/mol. The molecule has 0 aliphatic rings. The number of hydrogen-bond donors (Lipinski definition) is 1. The van der Waals surface area contributed by atoms with Crippen LogP contribution in [-0.2, 0) is 6.42 Å². The van der Waals surface area contributed by atoms with Gasteiger partial charge in [-0.1, -0.05) is 30.3 Å². The Labute approximate surface area is 109 Å². The highest BCUT2D eigenvalue weighted by Crippen LogP contribution is 2.30. The molecule has 1 N–H and O–H groups in total. The first-order chi connectivity index (χ1) is 7.81. The van der Waals surface area contributed by atoms with E-state index in [9.17, 15) is 0 Å². The molecule has 1 nitrogen and oxygen atoms in total. The van der Waals surface area contributed by atoms with Gasteiger partial charge >= 0.3 is 0 Å². The molecule has 0 bridgehead atoms. The lowest BCUT2D eigenvalue weighted by Gasteiger charge is -2.15. The predicted octanol–water partition coefficient (Wildman–Crippen LogP) is 4.01. The van der Waals surface area contributed by atoms with Crippen LogP contribution in [0.25, 0.3) is 0 Å². The Bertz CT molecular complexity index is 438. The third kappa shape index (κ3) is 2.73. The van der Waals surface area contributed by atoms with Crippen LogP contribution in [0.5, 0.6) is 0 Å². The summed E-state index contributed by atoms with van der Waals surface area (Å²) in [5.74, 6) is 0. The van der Waals surface area contributed by atoms with Crippen LogP contribution in [0.2, 0.25) is 0 Å². The molecule has 3 heteroatoms. The van der Waals surface area contributed by atoms with Crippen molar-refractivity contribution in [2.24, 2.45) is 0 Å². The molecule has 1 atom stereocenters. The molecular weight excluding hydrogens is 282 g/mol. The first-order valence-electron chi connectivity index (χ1n) is 5.25. The van der Waals surface area contributed by atoms with Gasteiger partial charge in [-0.3, -0.25) is 0 Å². The van der Waals surface area contributed by atoms with Crippen molar-refractivity contribution in [2.45, 2.75) is 12.5 Å². The van der Waals surface area contributed by atoms with Crippen molar-refractivity contribution in [1.29, 1.82) is 0 Å². The molecule has 0 amide bonds. The Kier molecular flexibility index (Phi) is 4.16. The van der Waals surface area contributed by atoms with Crippen LogP contribution in [0.15, 0.2) is 46.3 Å². The molecule has 0 fully saturated rings. The minimum atomic E-state index is 0.386. The number of likely N-dealkylation sites (N-methyl/N-ethyl adjacent to an activating group) is 1. The Hall–Kier alpha value is -0.640. The zero-order valence-corrected chi connectivity index (χ0v) is 11.5. The third-order valence-electron chi connectivity index (χ3n) is 2.59. The SMILES string of the molecule is CNC(Cc1ccccc1)c1sccc1Br. The summed E-state index contributed by atoms with van der Waals surface area (Å²) >= 11 is 5.38. The maximum absolute atomic E-state index is 3.59. The Morgan fingerprint density at radius 1 is 1.25 bits per heavy atom. The summed E-state index contributed by atoms with van der Waals surface area (Å²) in [6.07, 6.45) is 1.02. The fourth-order valence-electron chi connectivity index (χ4n) is 1.73. The second-order valence-electron chi connectivity index (χ2n) is 3.66. The van der Waals surface area contributed by atoms with Gasteiger partial charge in [0.05, 0.1) is 0 Å². The van der Waals surface area contributed by atoms with Crippen molar-refractivity contribution in [2.75, 3.05) is 7.05 Å². The van der Waals surface area contributed by atoms with E-state index in [1.54, 1.807) is 11.3 Å². The Morgan fingerprint density at radius 2 is 2.00 bits per heavy atom. The van der Waals surface area contributed by atoms with E-state index >= 15 is 0 Å². The number of rotatable bonds is 4. The van der Waals surface area contributed by atoms with Crippen molar-refractivity contribution < 1.29 is 0 Å². The number of halogens is 1. The van der Waals surface area contributed by atoms with Gasteiger partial charge in [-0.2, -0.15) is 0 Å². The van der Waals surface area contributed by atoms with Gasteiger partial charge in [0.1, 0.15) is 0 Å². The average Bonchev–Trinajstić information content (AvgIpc) is 2.74. The number of benzene rings is 1. The van der Waals surface area contributed by atoms with E-state index in [4.69, 9.17) is 0 Å². The quantitative estimate of drug-likeness (QED) is 0.898. The van der Waals surface area contributed by atoms with Gasteiger partial charge in [0.2, 0.25) is 0 Å². The second kappa shape index (κ2) is 5.62. The molecule has 84 valence electrons. The summed E-state index contributed by atoms with van der Waals surface area (Å²) in [4.78, 5) is 1.37. The number of nitrogens with one attached hydrogen (secondary N) is 1. The first-order valence-corrected chi connectivity index (χ1v) is 6.92. The smallest absolute Gasteiger partial charge is 0.0464 e. The van der Waals surface area contributed by atoms with Crippen molar-refractivity contribution in [3.05, 3.63) is 56.7 Å². The van der Waals surface area contributed by atoms with Crippen LogP contribution >= 0.6 is 27.3 Å². The summed E-state index contributed by atoms with van der Waals surface area (Å²) in [5.41, 5.74) is 1.36. The van der Waals surface area contributed by atoms with E-state index in [0.29, 0.717) is 6.04 Å². The van der Waals surface area contributed by atoms with Crippen molar-refractivity contribution in [3.8, 4) is 0 Å². The molecule has 1 aromatic carbocycles. The van der Waals surface area contributed by atoms with E-state index in [-0.39, 0.29) is 0 Å². The molecule has 16 heavy (non-hydrogen) atoms. The van der Waals surface area contributed by atoms with Gasteiger partial charge in [-0.25, -0.2) is 0 Å². The molecule has 0 aliphatic carbocycles. The molecule has 1 unspecified atom stereocenters. The summed E-state index contributed by atoms with van der Waals surface area (Å²) in [6.45, 7) is 0. The standard InChI is InChI=1S/C13H14BrNS/c1-15-12(13-11(14)7-8-16-13)9-10-5-3-2-4-6-10/h2-8,12,15H,9H2,1H3. The van der Waals surface area contributed by atoms with Crippen LogP contribution < -0.4 is 5.32 Å². The molecule has 1 heterocycles. The van der Waals surface area contributed by atoms with E-state index in [1.807, 2.05) is 7.05 Å². The highest BCUT2D eigenvalue weighted by molar-refractivity contribution is 9.10. The van der Waals surface area contributed by atoms with Crippen molar-refractivity contribution >= 4 is 27.3 Å². The molecule has 1 aromatic heterocycles. The van der Waals surface area contributed by atoms with Crippen LogP contribution in [0.4, 0.5) is 0 Å². The van der Waals surface area contributed by atoms with Gasteiger partial charge in [-0.05, 0) is 46.4 Å². The third-order valence-corrected chi connectivity index (χ3v) is 4.58. The minimum Gasteiger partial charge on any atom is -0.312 e. The zero-order chi connectivity index (χ0) is 11.4. The van der Waals surface area contributed by atoms with E-state index in [1.165, 1.54) is 14.9 Å². The Morgan fingerprint density at radius 3 is 2.56 bits per heavy atom. The van der Waals surface area contributed by atoms with Gasteiger partial charge in [0.15, 0.2) is 0 Å². The molecule has 0 aliphatic heterocycles. The largest absolute Gasteiger partial charge is 0.312 e. The number of thiophene rings is 1. The lowest BCUT2D eigenvalue weighted by atomic mass is 10.1. The summed E-state index contributed by atoms with van der Waals surface area (Å²) in [7, 11) is 2.01. The number of hydrogen-bond acceptors (Lipinski definition) is 2. The van der Waals surface area contributed by atoms with Crippen LogP contribution in [0, 0.1) is 0 Å². The minimum absolute atomic E-state index is 0.386. The summed E-state index contributed by atoms with van der Waals surface area (Å²) in [6, 6.07) is 13.1. The molecule has 0 saturated heterocycles. The maximum Gasteiger partial charge on any atom is 0.0464 e. The van der Waals surface area contributed by atoms with Crippen LogP contribution in [0.1, 0.15) is 16.5 Å². The van der Waals surface area contributed by atoms with Crippen LogP contribution in [0.3, 0.4) is 0 Å². The summed E-state index contributed by atoms with van der Waals surface area (Å²) < 4.78 is 1.20. The maximum atomic E-state index is 3.59. The summed E-state index contributed by atoms with van der Waals surface area (Å²) in [5, 5.41) is 5.49. The topological polar surface area (TPSA) is 12.0 Å². The Balaban J connectivity index is 2.16. The van der Waals surface area contributed by atoms with E-state index < -0.39 is 0 Å². The molecular formula is C13H14BrNS. The van der Waals surface area contributed by atoms with Crippen LogP contribution in [-0.4, -0.2) is 7.05 Å². The zero-order valence-electron chi connectivity index (χ0n) is 9.11. The van der Waals surface area contributed by atoms with Gasteiger partial charge in [0, 0.05) is 15.4 Å². The average molecular weight is 296 g/mol. The lowest BCUT2D eigenvalue weighted by Crippen LogP contribution is -2.18. The van der Waals surface area contributed by atoms with Gasteiger partial charge in [0.25, 0.3) is 0 Å². The lowest BCUT2D eigenvalue weighted by molar-refractivity contribution is 0.600. The second-order valence-corrected chi connectivity index (χ2v) is 5.47. The normalized spacial score (nSPS) is 12.6. The van der Waals surface area contributed by atoms with Gasteiger partial charge < -0.3 is 5.32 Å². The molecule has 0 saturated carbocycles. The molecule has 0 radical (unpaired) electrons. The highest BCUT2D eigenvalue weighted by atomic mass is 79.9. The van der Waals surface area contributed by atoms with Crippen molar-refractivity contribution in [1.82, 2.24) is 5.32 Å². The van der Waals surface area contributed by atoms with E-state index in [2.05, 4.69) is 63.0 Å². The molecule has 0 spiro atoms. The van der Waals surface area contributed by atoms with Crippen molar-refractivity contribution in [3.63, 3.8) is 0 Å². The molecule has 2 rings (SSSR count). The fraction of sp³-hybridized carbons (Fsp3) is 0.231. The first kappa shape index (κ1) is 11.8. The van der Waals surface area contributed by atoms with Gasteiger partial charge in [-0.15, -0.1) is 11.3 Å². The van der Waals surface area contributed by atoms with E-state index in [0.717, 1.165) is 6.42 Å². The predicted molar refractivity (Wildman–Crippen MR) is 74.0 cm³/mol. The highest BCUT2D eigenvalue weighted by Gasteiger charge is 2.14. The fourth-order valence-corrected chi connectivity index (χ4v) is 3.49. The molecule has 2 aromatic rings.